The van der Waals surface area contributed by atoms with Crippen molar-refractivity contribution in [3.05, 3.63) is 58.7 Å². The quantitative estimate of drug-likeness (QED) is 0.791. The molecule has 2 aromatic carbocycles. The average Bonchev–Trinajstić information content (AvgIpc) is 3.04. The van der Waals surface area contributed by atoms with Crippen molar-refractivity contribution in [2.75, 3.05) is 23.3 Å². The van der Waals surface area contributed by atoms with Crippen LogP contribution in [-0.2, 0) is 11.2 Å². The van der Waals surface area contributed by atoms with Crippen LogP contribution in [0.25, 0.3) is 0 Å². The van der Waals surface area contributed by atoms with E-state index in [2.05, 4.69) is 23.2 Å². The van der Waals surface area contributed by atoms with Gasteiger partial charge < -0.3 is 10.2 Å². The maximum atomic E-state index is 12.4. The zero-order valence-electron chi connectivity index (χ0n) is 15.8. The Hall–Kier alpha value is -2.62. The van der Waals surface area contributed by atoms with Gasteiger partial charge in [-0.05, 0) is 56.5 Å². The zero-order chi connectivity index (χ0) is 18.7. The van der Waals surface area contributed by atoms with Crippen molar-refractivity contribution in [3.63, 3.8) is 0 Å². The van der Waals surface area contributed by atoms with Crippen molar-refractivity contribution < 1.29 is 9.59 Å². The topological polar surface area (TPSA) is 49.4 Å². The number of carbonyl (C=O) groups is 2. The second-order valence-electron chi connectivity index (χ2n) is 6.96. The fourth-order valence-electron chi connectivity index (χ4n) is 3.47. The normalized spacial score (nSPS) is 12.8. The number of carbonyl (C=O) groups excluding carboxylic acids is 2. The first kappa shape index (κ1) is 18.2. The Labute approximate surface area is 155 Å². The largest absolute Gasteiger partial charge is 0.371 e. The van der Waals surface area contributed by atoms with E-state index in [0.717, 1.165) is 36.3 Å². The number of Topliss-reactive ketones (excluding diaryl/α,β-unsaturated/α-hetero) is 1. The molecule has 0 bridgehead atoms. The lowest BCUT2D eigenvalue weighted by Crippen LogP contribution is -2.19. The molecule has 0 saturated heterocycles. The van der Waals surface area contributed by atoms with E-state index in [9.17, 15) is 9.59 Å². The van der Waals surface area contributed by atoms with Gasteiger partial charge in [-0.3, -0.25) is 9.59 Å². The predicted molar refractivity (Wildman–Crippen MR) is 106 cm³/mol. The van der Waals surface area contributed by atoms with E-state index in [4.69, 9.17) is 0 Å². The van der Waals surface area contributed by atoms with Crippen molar-refractivity contribution in [2.45, 2.75) is 40.0 Å². The van der Waals surface area contributed by atoms with Crippen molar-refractivity contribution in [2.24, 2.45) is 0 Å². The smallest absolute Gasteiger partial charge is 0.224 e. The van der Waals surface area contributed by atoms with Crippen LogP contribution in [0.15, 0.2) is 36.4 Å². The molecule has 0 aliphatic carbocycles. The maximum Gasteiger partial charge on any atom is 0.224 e. The summed E-state index contributed by atoms with van der Waals surface area (Å²) in [5.74, 6) is -0.0999. The van der Waals surface area contributed by atoms with Gasteiger partial charge in [0.1, 0.15) is 0 Å². The van der Waals surface area contributed by atoms with E-state index in [1.165, 1.54) is 11.3 Å². The number of anilines is 2. The Morgan fingerprint density at radius 2 is 1.88 bits per heavy atom. The summed E-state index contributed by atoms with van der Waals surface area (Å²) in [5, 5.41) is 2.93. The fourth-order valence-corrected chi connectivity index (χ4v) is 3.47. The second kappa shape index (κ2) is 7.73. The van der Waals surface area contributed by atoms with E-state index >= 15 is 0 Å². The summed E-state index contributed by atoms with van der Waals surface area (Å²) < 4.78 is 0. The van der Waals surface area contributed by atoms with Crippen molar-refractivity contribution >= 4 is 23.1 Å². The summed E-state index contributed by atoms with van der Waals surface area (Å²) in [6, 6.07) is 11.9. The summed E-state index contributed by atoms with van der Waals surface area (Å²) in [6.45, 7) is 8.04. The first-order valence-electron chi connectivity index (χ1n) is 9.26. The molecule has 3 rings (SSSR count). The molecule has 26 heavy (non-hydrogen) atoms. The van der Waals surface area contributed by atoms with Gasteiger partial charge in [-0.25, -0.2) is 0 Å². The van der Waals surface area contributed by atoms with Crippen LogP contribution in [-0.4, -0.2) is 24.8 Å². The van der Waals surface area contributed by atoms with E-state index < -0.39 is 0 Å². The zero-order valence-corrected chi connectivity index (χ0v) is 15.8. The lowest BCUT2D eigenvalue weighted by molar-refractivity contribution is -0.116. The molecule has 1 N–H and O–H groups in total. The molecule has 0 fully saturated rings. The first-order valence-corrected chi connectivity index (χ1v) is 9.26. The molecule has 1 heterocycles. The molecular formula is C22H26N2O2. The monoisotopic (exact) mass is 350 g/mol. The van der Waals surface area contributed by atoms with Crippen molar-refractivity contribution in [1.82, 2.24) is 0 Å². The number of aryl methyl sites for hydroxylation is 2. The average molecular weight is 350 g/mol. The molecule has 4 nitrogen and oxygen atoms in total. The van der Waals surface area contributed by atoms with Crippen molar-refractivity contribution in [3.8, 4) is 0 Å². The number of nitrogens with one attached hydrogen (secondary N) is 1. The number of hydrogen-bond donors (Lipinski definition) is 1. The van der Waals surface area contributed by atoms with Crippen LogP contribution < -0.4 is 10.2 Å². The fraction of sp³-hybridized carbons (Fsp3) is 0.364. The summed E-state index contributed by atoms with van der Waals surface area (Å²) in [4.78, 5) is 27.0. The van der Waals surface area contributed by atoms with Crippen LogP contribution in [0.3, 0.4) is 0 Å². The molecule has 4 heteroatoms. The van der Waals surface area contributed by atoms with Gasteiger partial charge in [-0.1, -0.05) is 23.8 Å². The molecule has 0 radical (unpaired) electrons. The van der Waals surface area contributed by atoms with E-state index in [1.807, 2.05) is 44.2 Å². The van der Waals surface area contributed by atoms with Gasteiger partial charge in [0.25, 0.3) is 0 Å². The molecule has 0 unspecified atom stereocenters. The summed E-state index contributed by atoms with van der Waals surface area (Å²) in [6.07, 6.45) is 1.48. The number of ketones is 1. The molecule has 2 aromatic rings. The summed E-state index contributed by atoms with van der Waals surface area (Å²) >= 11 is 0. The maximum absolute atomic E-state index is 12.4. The van der Waals surface area contributed by atoms with E-state index in [1.54, 1.807) is 0 Å². The molecular weight excluding hydrogens is 324 g/mol. The molecule has 1 amide bonds. The van der Waals surface area contributed by atoms with Crippen LogP contribution in [0.4, 0.5) is 11.4 Å². The van der Waals surface area contributed by atoms with Gasteiger partial charge in [0, 0.05) is 42.9 Å². The van der Waals surface area contributed by atoms with Crippen LogP contribution in [0.2, 0.25) is 0 Å². The number of rotatable bonds is 6. The Morgan fingerprint density at radius 1 is 1.08 bits per heavy atom. The lowest BCUT2D eigenvalue weighted by atomic mass is 9.99. The molecule has 0 atom stereocenters. The first-order chi connectivity index (χ1) is 12.5. The van der Waals surface area contributed by atoms with Crippen LogP contribution in [0.1, 0.15) is 46.8 Å². The minimum absolute atomic E-state index is 0.0208. The molecule has 1 aliphatic rings. The standard InChI is InChI=1S/C22H26N2O2/c1-4-24-12-11-17-7-8-18(14-20(17)24)23-22(26)10-9-21(25)19-13-15(2)5-6-16(19)3/h5-8,13-14H,4,9-12H2,1-3H3,(H,23,26). The Bertz CT molecular complexity index is 842. The number of likely N-dealkylation sites (N-methyl/N-ethyl adjacent to an activating group) is 1. The number of benzene rings is 2. The number of fused-ring (bicyclic) bond motifs is 1. The summed E-state index contributed by atoms with van der Waals surface area (Å²) in [7, 11) is 0. The minimum Gasteiger partial charge on any atom is -0.371 e. The highest BCUT2D eigenvalue weighted by atomic mass is 16.2. The van der Waals surface area contributed by atoms with Crippen molar-refractivity contribution in [1.29, 1.82) is 0 Å². The third kappa shape index (κ3) is 3.96. The van der Waals surface area contributed by atoms with Gasteiger partial charge in [-0.2, -0.15) is 0 Å². The highest BCUT2D eigenvalue weighted by Gasteiger charge is 2.18. The highest BCUT2D eigenvalue weighted by Crippen LogP contribution is 2.30. The number of amides is 1. The van der Waals surface area contributed by atoms with Gasteiger partial charge in [-0.15, -0.1) is 0 Å². The Balaban J connectivity index is 1.59. The van der Waals surface area contributed by atoms with Crippen LogP contribution in [0.5, 0.6) is 0 Å². The molecule has 0 spiro atoms. The number of hydrogen-bond acceptors (Lipinski definition) is 3. The molecule has 0 aromatic heterocycles. The lowest BCUT2D eigenvalue weighted by Gasteiger charge is -2.17. The minimum atomic E-state index is -0.121. The molecule has 0 saturated carbocycles. The van der Waals surface area contributed by atoms with Gasteiger partial charge in [0.15, 0.2) is 5.78 Å². The predicted octanol–water partition coefficient (Wildman–Crippen LogP) is 4.29. The van der Waals surface area contributed by atoms with E-state index in [0.29, 0.717) is 5.56 Å². The van der Waals surface area contributed by atoms with E-state index in [-0.39, 0.29) is 24.5 Å². The van der Waals surface area contributed by atoms with Crippen LogP contribution >= 0.6 is 0 Å². The van der Waals surface area contributed by atoms with Gasteiger partial charge in [0.05, 0.1) is 0 Å². The Morgan fingerprint density at radius 3 is 2.65 bits per heavy atom. The van der Waals surface area contributed by atoms with Gasteiger partial charge >= 0.3 is 0 Å². The summed E-state index contributed by atoms with van der Waals surface area (Å²) in [5.41, 5.74) is 6.07. The van der Waals surface area contributed by atoms with Gasteiger partial charge in [0.2, 0.25) is 5.91 Å². The Kier molecular flexibility index (Phi) is 5.40. The third-order valence-corrected chi connectivity index (χ3v) is 5.02. The third-order valence-electron chi connectivity index (χ3n) is 5.02. The SMILES string of the molecule is CCN1CCc2ccc(NC(=O)CCC(=O)c3cc(C)ccc3C)cc21. The highest BCUT2D eigenvalue weighted by molar-refractivity contribution is 6.01. The second-order valence-corrected chi connectivity index (χ2v) is 6.96. The van der Waals surface area contributed by atoms with Crippen LogP contribution in [0, 0.1) is 13.8 Å². The number of nitrogens with zero attached hydrogens (tertiary/aromatic N) is 1. The molecule has 136 valence electrons. The molecule has 1 aliphatic heterocycles.